The van der Waals surface area contributed by atoms with Crippen LogP contribution in [0.3, 0.4) is 0 Å². The average molecular weight is 558 g/mol. The van der Waals surface area contributed by atoms with E-state index < -0.39 is 17.4 Å². The van der Waals surface area contributed by atoms with Crippen LogP contribution in [-0.4, -0.2) is 33.1 Å². The van der Waals surface area contributed by atoms with Gasteiger partial charge in [0, 0.05) is 36.1 Å². The van der Waals surface area contributed by atoms with Crippen LogP contribution in [0, 0.1) is 19.3 Å². The van der Waals surface area contributed by atoms with Crippen molar-refractivity contribution in [3.8, 4) is 0 Å². The summed E-state index contributed by atoms with van der Waals surface area (Å²) in [5.74, 6) is -0.592. The summed E-state index contributed by atoms with van der Waals surface area (Å²) in [5, 5.41) is 6.40. The summed E-state index contributed by atoms with van der Waals surface area (Å²) < 4.78 is 10.4. The molecule has 3 aliphatic rings. The topological polar surface area (TPSA) is 67.9 Å². The zero-order valence-corrected chi connectivity index (χ0v) is 24.6. The first-order valence-corrected chi connectivity index (χ1v) is 14.8. The molecule has 1 aliphatic heterocycles. The molecule has 7 heteroatoms. The lowest BCUT2D eigenvalue weighted by Crippen LogP contribution is -2.58. The number of fused-ring (bicyclic) bond motifs is 1. The predicted octanol–water partition coefficient (Wildman–Crippen LogP) is 5.59. The molecule has 0 radical (unpaired) electrons. The van der Waals surface area contributed by atoms with Crippen molar-refractivity contribution in [3.05, 3.63) is 100 Å². The molecule has 2 aliphatic carbocycles. The molecular formula is C35H35BN2O4. The van der Waals surface area contributed by atoms with E-state index >= 15 is 0 Å². The van der Waals surface area contributed by atoms with Gasteiger partial charge in [0.2, 0.25) is 0 Å². The predicted molar refractivity (Wildman–Crippen MR) is 167 cm³/mol. The molecule has 4 aromatic carbocycles. The Bertz CT molecular complexity index is 1730. The summed E-state index contributed by atoms with van der Waals surface area (Å²) in [5.41, 5.74) is 9.34. The van der Waals surface area contributed by atoms with Crippen molar-refractivity contribution in [2.45, 2.75) is 52.0 Å². The average Bonchev–Trinajstić information content (AvgIpc) is 3.77. The molecule has 0 saturated heterocycles. The van der Waals surface area contributed by atoms with Crippen LogP contribution in [-0.2, 0) is 38.4 Å². The van der Waals surface area contributed by atoms with Gasteiger partial charge in [0.25, 0.3) is 0 Å². The number of anilines is 2. The van der Waals surface area contributed by atoms with Crippen molar-refractivity contribution in [1.82, 2.24) is 0 Å². The molecule has 0 aromatic heterocycles. The van der Waals surface area contributed by atoms with Crippen molar-refractivity contribution >= 4 is 46.5 Å². The smallest absolute Gasteiger partial charge is 0.409 e. The van der Waals surface area contributed by atoms with Crippen molar-refractivity contribution in [2.75, 3.05) is 24.3 Å². The lowest BCUT2D eigenvalue weighted by Gasteiger charge is -2.40. The standard InChI is InChI=1S/C35H35BN2O4/c1-21-26-18-35(33(39)41-3,34(40)42-4)19-27(26)22(2)32(30(21)25-16-17-25)36-37-28-14-8-12-24-13-9-15-29(31(24)28)38(36)20-23-10-6-5-7-11-23/h5-15,25,37H,16-20H2,1-4H3. The normalized spacial score (nSPS) is 16.7. The van der Waals surface area contributed by atoms with E-state index in [0.29, 0.717) is 12.3 Å². The van der Waals surface area contributed by atoms with Crippen molar-refractivity contribution < 1.29 is 19.1 Å². The Hall–Kier alpha value is -4.26. The number of carbonyl (C=O) groups excluding carboxylic acids is 2. The molecule has 6 nitrogen and oxygen atoms in total. The van der Waals surface area contributed by atoms with E-state index in [-0.39, 0.29) is 13.4 Å². The molecule has 0 unspecified atom stereocenters. The Morgan fingerprint density at radius 2 is 1.52 bits per heavy atom. The second-order valence-electron chi connectivity index (χ2n) is 12.1. The van der Waals surface area contributed by atoms with Crippen LogP contribution in [0.5, 0.6) is 0 Å². The van der Waals surface area contributed by atoms with Gasteiger partial charge >= 0.3 is 18.9 Å². The highest BCUT2D eigenvalue weighted by Crippen LogP contribution is 2.48. The van der Waals surface area contributed by atoms with Crippen molar-refractivity contribution in [3.63, 3.8) is 0 Å². The first-order chi connectivity index (χ1) is 20.4. The minimum atomic E-state index is -1.36. The molecule has 1 saturated carbocycles. The highest BCUT2D eigenvalue weighted by Gasteiger charge is 2.54. The molecular weight excluding hydrogens is 523 g/mol. The molecule has 0 spiro atoms. The molecule has 7 rings (SSSR count). The van der Waals surface area contributed by atoms with Gasteiger partial charge in [-0.3, -0.25) is 9.59 Å². The molecule has 1 fully saturated rings. The highest BCUT2D eigenvalue weighted by atomic mass is 16.5. The summed E-state index contributed by atoms with van der Waals surface area (Å²) in [6.07, 6.45) is 2.87. The molecule has 42 heavy (non-hydrogen) atoms. The third-order valence-electron chi connectivity index (χ3n) is 9.73. The van der Waals surface area contributed by atoms with Crippen LogP contribution in [0.4, 0.5) is 11.4 Å². The zero-order valence-electron chi connectivity index (χ0n) is 24.6. The third kappa shape index (κ3) is 3.93. The first-order valence-electron chi connectivity index (χ1n) is 14.8. The number of methoxy groups -OCH3 is 2. The van der Waals surface area contributed by atoms with Crippen LogP contribution in [0.2, 0.25) is 0 Å². The maximum absolute atomic E-state index is 13.2. The van der Waals surface area contributed by atoms with Gasteiger partial charge in [-0.2, -0.15) is 0 Å². The Kier molecular flexibility index (Phi) is 6.30. The number of benzene rings is 4. The van der Waals surface area contributed by atoms with Gasteiger partial charge in [0.05, 0.1) is 14.2 Å². The SMILES string of the molecule is COC(=O)C1(C(=O)OC)Cc2c(C)c(B3Nc4cccc5cccc(c45)N3Cc3ccccc3)c(C3CC3)c(C)c2C1. The number of hydrogen-bond donors (Lipinski definition) is 1. The van der Waals surface area contributed by atoms with Gasteiger partial charge in [-0.15, -0.1) is 0 Å². The molecule has 0 amide bonds. The summed E-state index contributed by atoms with van der Waals surface area (Å²) >= 11 is 0. The van der Waals surface area contributed by atoms with Crippen LogP contribution < -0.4 is 15.5 Å². The van der Waals surface area contributed by atoms with E-state index in [1.54, 1.807) is 0 Å². The Morgan fingerprint density at radius 3 is 2.17 bits per heavy atom. The Balaban J connectivity index is 1.44. The second kappa shape index (κ2) is 9.93. The van der Waals surface area contributed by atoms with Crippen molar-refractivity contribution in [1.29, 1.82) is 0 Å². The molecule has 4 aromatic rings. The summed E-state index contributed by atoms with van der Waals surface area (Å²) in [6.45, 7) is 4.96. The van der Waals surface area contributed by atoms with Gasteiger partial charge in [-0.25, -0.2) is 0 Å². The molecule has 0 atom stereocenters. The van der Waals surface area contributed by atoms with Gasteiger partial charge in [-0.1, -0.05) is 54.6 Å². The van der Waals surface area contributed by atoms with E-state index in [0.717, 1.165) is 41.8 Å². The lowest BCUT2D eigenvalue weighted by atomic mass is 9.58. The van der Waals surface area contributed by atoms with Crippen molar-refractivity contribution in [2.24, 2.45) is 5.41 Å². The number of carbonyl (C=O) groups is 2. The number of ether oxygens (including phenoxy) is 2. The third-order valence-corrected chi connectivity index (χ3v) is 9.73. The van der Waals surface area contributed by atoms with Crippen LogP contribution in [0.25, 0.3) is 10.8 Å². The number of hydrogen-bond acceptors (Lipinski definition) is 6. The van der Waals surface area contributed by atoms with Gasteiger partial charge in [0.1, 0.15) is 0 Å². The summed E-state index contributed by atoms with van der Waals surface area (Å²) in [6, 6.07) is 23.6. The number of rotatable bonds is 6. The zero-order chi connectivity index (χ0) is 29.2. The van der Waals surface area contributed by atoms with Crippen LogP contribution in [0.1, 0.15) is 52.1 Å². The van der Waals surface area contributed by atoms with E-state index in [1.807, 2.05) is 0 Å². The highest BCUT2D eigenvalue weighted by molar-refractivity contribution is 6.81. The quantitative estimate of drug-likeness (QED) is 0.189. The minimum Gasteiger partial charge on any atom is -0.468 e. The number of nitrogens with zero attached hydrogens (tertiary/aromatic N) is 1. The van der Waals surface area contributed by atoms with Gasteiger partial charge in [0.15, 0.2) is 5.41 Å². The molecule has 1 heterocycles. The molecule has 212 valence electrons. The van der Waals surface area contributed by atoms with E-state index in [4.69, 9.17) is 9.47 Å². The number of esters is 2. The minimum absolute atomic E-state index is 0.128. The number of nitrogens with one attached hydrogen (secondary N) is 1. The second-order valence-corrected chi connectivity index (χ2v) is 12.1. The summed E-state index contributed by atoms with van der Waals surface area (Å²) in [7, 11) is 2.70. The fraction of sp³-hybridized carbons (Fsp3) is 0.314. The Labute approximate surface area is 247 Å². The lowest BCUT2D eigenvalue weighted by molar-refractivity contribution is -0.168. The van der Waals surface area contributed by atoms with Gasteiger partial charge < -0.3 is 19.5 Å². The molecule has 1 N–H and O–H groups in total. The first kappa shape index (κ1) is 26.6. The van der Waals surface area contributed by atoms with E-state index in [2.05, 4.69) is 90.6 Å². The monoisotopic (exact) mass is 558 g/mol. The van der Waals surface area contributed by atoms with E-state index in [1.165, 1.54) is 52.8 Å². The van der Waals surface area contributed by atoms with Crippen LogP contribution in [0.15, 0.2) is 66.7 Å². The fourth-order valence-electron chi connectivity index (χ4n) is 7.57. The maximum Gasteiger partial charge on any atom is 0.409 e. The van der Waals surface area contributed by atoms with Gasteiger partial charge in [-0.05, 0) is 89.0 Å². The maximum atomic E-state index is 13.2. The van der Waals surface area contributed by atoms with E-state index in [9.17, 15) is 9.59 Å². The largest absolute Gasteiger partial charge is 0.468 e. The van der Waals surface area contributed by atoms with Crippen LogP contribution >= 0.6 is 0 Å². The molecule has 0 bridgehead atoms. The fourth-order valence-corrected chi connectivity index (χ4v) is 7.57. The summed E-state index contributed by atoms with van der Waals surface area (Å²) in [4.78, 5) is 28.9. The Morgan fingerprint density at radius 1 is 0.881 bits per heavy atom.